The van der Waals surface area contributed by atoms with Gasteiger partial charge in [-0.25, -0.2) is 8.42 Å². The molecule has 3 aromatic carbocycles. The van der Waals surface area contributed by atoms with Crippen molar-refractivity contribution in [3.8, 4) is 0 Å². The predicted octanol–water partition coefficient (Wildman–Crippen LogP) is 5.28. The Hall–Kier alpha value is -3.12. The number of carbonyl (C=O) groups excluding carboxylic acids is 1. The fourth-order valence-corrected chi connectivity index (χ4v) is 4.84. The topological polar surface area (TPSA) is 75.3 Å². The first kappa shape index (κ1) is 21.6. The molecule has 0 saturated carbocycles. The smallest absolute Gasteiger partial charge is 0.262 e. The third kappa shape index (κ3) is 5.07. The van der Waals surface area contributed by atoms with E-state index >= 15 is 0 Å². The molecule has 0 aliphatic heterocycles. The van der Waals surface area contributed by atoms with E-state index in [4.69, 9.17) is 0 Å². The highest BCUT2D eigenvalue weighted by molar-refractivity contribution is 7.92. The van der Waals surface area contributed by atoms with Crippen molar-refractivity contribution in [3.63, 3.8) is 0 Å². The number of hydrogen-bond acceptors (Lipinski definition) is 3. The van der Waals surface area contributed by atoms with Crippen molar-refractivity contribution in [2.75, 3.05) is 10.0 Å². The molecule has 0 unspecified atom stereocenters. The van der Waals surface area contributed by atoms with Gasteiger partial charge in [-0.1, -0.05) is 18.2 Å². The summed E-state index contributed by atoms with van der Waals surface area (Å²) in [6, 6.07) is 16.0. The van der Waals surface area contributed by atoms with Crippen LogP contribution in [-0.4, -0.2) is 14.3 Å². The summed E-state index contributed by atoms with van der Waals surface area (Å²) in [4.78, 5) is 12.8. The summed E-state index contributed by atoms with van der Waals surface area (Å²) in [6.07, 6.45) is 0. The second-order valence-corrected chi connectivity index (χ2v) is 9.44. The SMILES string of the molecule is Cc1cc(C)cc(NC(=O)c2ccc(C)c(S(=O)(=O)Nc3cc(C)cc(C)c3)c2)c1. The van der Waals surface area contributed by atoms with Gasteiger partial charge in [0.2, 0.25) is 0 Å². The second-order valence-electron chi connectivity index (χ2n) is 7.79. The number of sulfonamides is 1. The molecule has 30 heavy (non-hydrogen) atoms. The van der Waals surface area contributed by atoms with Gasteiger partial charge in [-0.05, 0) is 98.8 Å². The lowest BCUT2D eigenvalue weighted by atomic mass is 10.1. The third-order valence-corrected chi connectivity index (χ3v) is 6.22. The highest BCUT2D eigenvalue weighted by Crippen LogP contribution is 2.23. The zero-order chi connectivity index (χ0) is 22.1. The maximum absolute atomic E-state index is 13.0. The molecule has 0 aliphatic rings. The minimum absolute atomic E-state index is 0.0785. The number of aryl methyl sites for hydroxylation is 5. The number of hydrogen-bond donors (Lipinski definition) is 2. The number of nitrogens with one attached hydrogen (secondary N) is 2. The molecule has 3 aromatic rings. The normalized spacial score (nSPS) is 11.2. The second kappa shape index (κ2) is 8.32. The number of benzene rings is 3. The molecule has 0 heterocycles. The molecule has 0 bridgehead atoms. The lowest BCUT2D eigenvalue weighted by Crippen LogP contribution is -2.17. The van der Waals surface area contributed by atoms with E-state index in [-0.39, 0.29) is 16.4 Å². The van der Waals surface area contributed by atoms with E-state index in [0.29, 0.717) is 16.9 Å². The predicted molar refractivity (Wildman–Crippen MR) is 122 cm³/mol. The van der Waals surface area contributed by atoms with Crippen LogP contribution in [0.5, 0.6) is 0 Å². The van der Waals surface area contributed by atoms with Crippen molar-refractivity contribution in [2.45, 2.75) is 39.5 Å². The molecule has 0 radical (unpaired) electrons. The first-order valence-corrected chi connectivity index (χ1v) is 11.1. The molecule has 1 amide bonds. The molecule has 0 atom stereocenters. The molecule has 0 fully saturated rings. The van der Waals surface area contributed by atoms with Crippen LogP contribution in [-0.2, 0) is 10.0 Å². The quantitative estimate of drug-likeness (QED) is 0.587. The Bertz CT molecular complexity index is 1190. The van der Waals surface area contributed by atoms with Crippen LogP contribution in [0, 0.1) is 34.6 Å². The van der Waals surface area contributed by atoms with Crippen molar-refractivity contribution >= 4 is 27.3 Å². The monoisotopic (exact) mass is 422 g/mol. The van der Waals surface area contributed by atoms with Crippen molar-refractivity contribution in [1.82, 2.24) is 0 Å². The van der Waals surface area contributed by atoms with Gasteiger partial charge in [0.25, 0.3) is 15.9 Å². The van der Waals surface area contributed by atoms with Gasteiger partial charge < -0.3 is 5.32 Å². The third-order valence-electron chi connectivity index (χ3n) is 4.69. The van der Waals surface area contributed by atoms with E-state index in [1.807, 2.05) is 52.0 Å². The summed E-state index contributed by atoms with van der Waals surface area (Å²) < 4.78 is 28.7. The minimum atomic E-state index is -3.85. The molecule has 0 saturated heterocycles. The number of rotatable bonds is 5. The Balaban J connectivity index is 1.91. The lowest BCUT2D eigenvalue weighted by molar-refractivity contribution is 0.102. The summed E-state index contributed by atoms with van der Waals surface area (Å²) >= 11 is 0. The molecule has 6 heteroatoms. The number of amides is 1. The van der Waals surface area contributed by atoms with E-state index in [1.54, 1.807) is 31.2 Å². The maximum Gasteiger partial charge on any atom is 0.262 e. The Morgan fingerprint density at radius 1 is 0.700 bits per heavy atom. The average molecular weight is 423 g/mol. The fraction of sp³-hybridized carbons (Fsp3) is 0.208. The molecular weight excluding hydrogens is 396 g/mol. The van der Waals surface area contributed by atoms with E-state index in [0.717, 1.165) is 22.3 Å². The highest BCUT2D eigenvalue weighted by Gasteiger charge is 2.20. The van der Waals surface area contributed by atoms with Crippen LogP contribution in [0.25, 0.3) is 0 Å². The summed E-state index contributed by atoms with van der Waals surface area (Å²) in [7, 11) is -3.85. The van der Waals surface area contributed by atoms with E-state index in [9.17, 15) is 13.2 Å². The van der Waals surface area contributed by atoms with Crippen molar-refractivity contribution in [1.29, 1.82) is 0 Å². The molecule has 2 N–H and O–H groups in total. The van der Waals surface area contributed by atoms with E-state index in [2.05, 4.69) is 10.0 Å². The van der Waals surface area contributed by atoms with Gasteiger partial charge in [0.05, 0.1) is 4.90 Å². The summed E-state index contributed by atoms with van der Waals surface area (Å²) in [5, 5.41) is 2.85. The molecule has 5 nitrogen and oxygen atoms in total. The maximum atomic E-state index is 13.0. The first-order valence-electron chi connectivity index (χ1n) is 9.65. The molecule has 0 aromatic heterocycles. The Morgan fingerprint density at radius 2 is 1.20 bits per heavy atom. The van der Waals surface area contributed by atoms with Gasteiger partial charge >= 0.3 is 0 Å². The Kier molecular flexibility index (Phi) is 5.99. The minimum Gasteiger partial charge on any atom is -0.322 e. The molecule has 0 spiro atoms. The van der Waals surface area contributed by atoms with Gasteiger partial charge in [-0.3, -0.25) is 9.52 Å². The largest absolute Gasteiger partial charge is 0.322 e. The first-order chi connectivity index (χ1) is 14.0. The van der Waals surface area contributed by atoms with E-state index in [1.165, 1.54) is 6.07 Å². The molecule has 156 valence electrons. The number of anilines is 2. The highest BCUT2D eigenvalue weighted by atomic mass is 32.2. The van der Waals surface area contributed by atoms with Gasteiger partial charge in [-0.2, -0.15) is 0 Å². The van der Waals surface area contributed by atoms with Crippen LogP contribution in [0.3, 0.4) is 0 Å². The van der Waals surface area contributed by atoms with Crippen LogP contribution in [0.4, 0.5) is 11.4 Å². The molecule has 0 aliphatic carbocycles. The summed E-state index contributed by atoms with van der Waals surface area (Å²) in [5.41, 5.74) is 6.02. The number of carbonyl (C=O) groups is 1. The Morgan fingerprint density at radius 3 is 1.73 bits per heavy atom. The lowest BCUT2D eigenvalue weighted by Gasteiger charge is -2.13. The zero-order valence-corrected chi connectivity index (χ0v) is 18.6. The van der Waals surface area contributed by atoms with Gasteiger partial charge in [0, 0.05) is 16.9 Å². The van der Waals surface area contributed by atoms with E-state index < -0.39 is 10.0 Å². The standard InChI is InChI=1S/C24H26N2O3S/c1-15-8-16(2)11-21(10-15)25-24(27)20-7-6-19(5)23(14-20)30(28,29)26-22-12-17(3)9-18(4)13-22/h6-14,26H,1-5H3,(H,25,27). The van der Waals surface area contributed by atoms with Gasteiger partial charge in [-0.15, -0.1) is 0 Å². The van der Waals surface area contributed by atoms with Crippen LogP contribution in [0.15, 0.2) is 59.5 Å². The van der Waals surface area contributed by atoms with Gasteiger partial charge in [0.15, 0.2) is 0 Å². The molecule has 3 rings (SSSR count). The van der Waals surface area contributed by atoms with Crippen molar-refractivity contribution < 1.29 is 13.2 Å². The van der Waals surface area contributed by atoms with Crippen LogP contribution in [0.2, 0.25) is 0 Å². The van der Waals surface area contributed by atoms with Gasteiger partial charge in [0.1, 0.15) is 0 Å². The fourth-order valence-electron chi connectivity index (χ4n) is 3.52. The van der Waals surface area contributed by atoms with Crippen LogP contribution >= 0.6 is 0 Å². The van der Waals surface area contributed by atoms with Crippen molar-refractivity contribution in [3.05, 3.63) is 88.0 Å². The zero-order valence-electron chi connectivity index (χ0n) is 17.8. The summed E-state index contributed by atoms with van der Waals surface area (Å²) in [5.74, 6) is -0.358. The molecular formula is C24H26N2O3S. The van der Waals surface area contributed by atoms with Crippen LogP contribution < -0.4 is 10.0 Å². The summed E-state index contributed by atoms with van der Waals surface area (Å²) in [6.45, 7) is 9.44. The average Bonchev–Trinajstić information content (AvgIpc) is 2.59. The van der Waals surface area contributed by atoms with Crippen LogP contribution in [0.1, 0.15) is 38.2 Å². The van der Waals surface area contributed by atoms with Crippen molar-refractivity contribution in [2.24, 2.45) is 0 Å². The Labute approximate surface area is 178 Å².